The second kappa shape index (κ2) is 6.01. The molecule has 0 spiro atoms. The fourth-order valence-corrected chi connectivity index (χ4v) is 4.22. The van der Waals surface area contributed by atoms with Crippen LogP contribution in [-0.2, 0) is 10.5 Å². The van der Waals surface area contributed by atoms with Gasteiger partial charge in [-0.2, -0.15) is 8.78 Å². The molecule has 0 atom stereocenters. The van der Waals surface area contributed by atoms with Crippen LogP contribution < -0.4 is 5.30 Å². The molecule has 0 saturated heterocycles. The molecule has 1 aliphatic rings. The Morgan fingerprint density at radius 1 is 1.04 bits per heavy atom. The zero-order valence-electron chi connectivity index (χ0n) is 15.1. The van der Waals surface area contributed by atoms with Gasteiger partial charge in [0.1, 0.15) is 5.54 Å². The lowest BCUT2D eigenvalue weighted by atomic mass is 9.81. The molecule has 2 heterocycles. The second-order valence-corrected chi connectivity index (χ2v) is 8.82. The highest BCUT2D eigenvalue weighted by Crippen LogP contribution is 2.46. The molecule has 28 heavy (non-hydrogen) atoms. The summed E-state index contributed by atoms with van der Waals surface area (Å²) in [6.07, 6.45) is 1.31. The number of alkyl halides is 2. The van der Waals surface area contributed by atoms with E-state index >= 15 is 0 Å². The number of hydrogen-bond donors (Lipinski definition) is 2. The topological polar surface area (TPSA) is 82.8 Å². The van der Waals surface area contributed by atoms with E-state index < -0.39 is 19.1 Å². The van der Waals surface area contributed by atoms with E-state index in [0.29, 0.717) is 27.7 Å². The number of aromatic nitrogens is 1. The third kappa shape index (κ3) is 2.78. The Balaban J connectivity index is 1.96. The number of benzene rings is 2. The van der Waals surface area contributed by atoms with E-state index in [1.807, 2.05) is 0 Å². The first-order valence-corrected chi connectivity index (χ1v) is 10.2. The first-order valence-electron chi connectivity index (χ1n) is 8.55. The van der Waals surface area contributed by atoms with E-state index in [1.54, 1.807) is 30.3 Å². The van der Waals surface area contributed by atoms with Gasteiger partial charge < -0.3 is 9.79 Å². The molecule has 144 valence electrons. The molecule has 0 saturated carbocycles. The molecule has 1 aromatic heterocycles. The molecule has 0 radical (unpaired) electrons. The zero-order chi connectivity index (χ0) is 20.3. The van der Waals surface area contributed by atoms with Gasteiger partial charge in [0.25, 0.3) is 5.92 Å². The van der Waals surface area contributed by atoms with Crippen LogP contribution in [0.1, 0.15) is 30.5 Å². The molecule has 3 aromatic rings. The predicted molar refractivity (Wildman–Crippen MR) is 103 cm³/mol. The Hall–Kier alpha value is -2.47. The van der Waals surface area contributed by atoms with E-state index in [2.05, 4.69) is 9.98 Å². The average Bonchev–Trinajstić information content (AvgIpc) is 2.63. The van der Waals surface area contributed by atoms with Gasteiger partial charge in [-0.15, -0.1) is 0 Å². The summed E-state index contributed by atoms with van der Waals surface area (Å²) in [6.45, 7) is 2.77. The van der Waals surface area contributed by atoms with Crippen LogP contribution in [0.2, 0.25) is 0 Å². The van der Waals surface area contributed by atoms with Crippen LogP contribution in [0.4, 0.5) is 8.78 Å². The fourth-order valence-electron chi connectivity index (χ4n) is 3.46. The Morgan fingerprint density at radius 3 is 2.46 bits per heavy atom. The number of pyridine rings is 1. The quantitative estimate of drug-likeness (QED) is 0.640. The summed E-state index contributed by atoms with van der Waals surface area (Å²) < 4.78 is 41.5. The molecule has 4 rings (SSSR count). The van der Waals surface area contributed by atoms with E-state index in [-0.39, 0.29) is 10.9 Å². The van der Waals surface area contributed by atoms with Crippen molar-refractivity contribution in [1.82, 2.24) is 4.98 Å². The summed E-state index contributed by atoms with van der Waals surface area (Å²) in [7, 11) is -4.47. The highest BCUT2D eigenvalue weighted by atomic mass is 31.2. The lowest BCUT2D eigenvalue weighted by molar-refractivity contribution is -0.0681. The zero-order valence-corrected chi connectivity index (χ0v) is 16.0. The smallest absolute Gasteiger partial charge is 0.321 e. The summed E-state index contributed by atoms with van der Waals surface area (Å²) >= 11 is 0. The Morgan fingerprint density at radius 2 is 1.75 bits per heavy atom. The van der Waals surface area contributed by atoms with Crippen LogP contribution in [-0.4, -0.2) is 26.0 Å². The molecular formula is C20H17F2N2O3P. The van der Waals surface area contributed by atoms with Crippen LogP contribution in [0, 0.1) is 0 Å². The number of halogens is 2. The minimum absolute atomic E-state index is 0.0953. The summed E-state index contributed by atoms with van der Waals surface area (Å²) in [4.78, 5) is 27.6. The molecule has 0 bridgehead atoms. The van der Waals surface area contributed by atoms with E-state index in [1.165, 1.54) is 38.2 Å². The van der Waals surface area contributed by atoms with Gasteiger partial charge in [0.2, 0.25) is 0 Å². The van der Waals surface area contributed by atoms with Crippen LogP contribution in [0.25, 0.3) is 10.9 Å². The molecule has 2 N–H and O–H groups in total. The molecule has 0 amide bonds. The Labute approximate surface area is 159 Å². The molecule has 8 heteroatoms. The fraction of sp³-hybridized carbons (Fsp3) is 0.200. The number of nitrogens with zero attached hydrogens (tertiary/aromatic N) is 2. The van der Waals surface area contributed by atoms with Crippen LogP contribution in [0.15, 0.2) is 59.7 Å². The van der Waals surface area contributed by atoms with Gasteiger partial charge in [-0.25, -0.2) is 0 Å². The molecule has 5 nitrogen and oxygen atoms in total. The van der Waals surface area contributed by atoms with Crippen molar-refractivity contribution >= 4 is 29.5 Å². The lowest BCUT2D eigenvalue weighted by Gasteiger charge is -2.37. The van der Waals surface area contributed by atoms with Crippen molar-refractivity contribution < 1.29 is 23.1 Å². The Kier molecular flexibility index (Phi) is 4.05. The summed E-state index contributed by atoms with van der Waals surface area (Å²) in [6, 6.07) is 12.3. The lowest BCUT2D eigenvalue weighted by Crippen LogP contribution is -2.44. The maximum atomic E-state index is 14.9. The predicted octanol–water partition coefficient (Wildman–Crippen LogP) is 3.76. The molecule has 0 fully saturated rings. The van der Waals surface area contributed by atoms with Crippen LogP contribution >= 0.6 is 7.60 Å². The van der Waals surface area contributed by atoms with Crippen molar-refractivity contribution in [2.45, 2.75) is 25.3 Å². The first kappa shape index (κ1) is 18.9. The molecular weight excluding hydrogens is 385 g/mol. The van der Waals surface area contributed by atoms with E-state index in [9.17, 15) is 23.1 Å². The van der Waals surface area contributed by atoms with E-state index in [4.69, 9.17) is 0 Å². The summed E-state index contributed by atoms with van der Waals surface area (Å²) in [5.41, 5.74) is -0.101. The van der Waals surface area contributed by atoms with Gasteiger partial charge in [0, 0.05) is 28.3 Å². The Bertz CT molecular complexity index is 1190. The maximum absolute atomic E-state index is 14.9. The maximum Gasteiger partial charge on any atom is 0.356 e. The van der Waals surface area contributed by atoms with Crippen LogP contribution in [0.3, 0.4) is 0 Å². The van der Waals surface area contributed by atoms with Crippen molar-refractivity contribution in [1.29, 1.82) is 0 Å². The second-order valence-electron chi connectivity index (χ2n) is 7.25. The minimum atomic E-state index is -4.47. The normalized spacial score (nSPS) is 17.9. The van der Waals surface area contributed by atoms with E-state index in [0.717, 1.165) is 0 Å². The minimum Gasteiger partial charge on any atom is -0.321 e. The van der Waals surface area contributed by atoms with Gasteiger partial charge in [-0.05, 0) is 26.0 Å². The van der Waals surface area contributed by atoms with Crippen LogP contribution in [0.5, 0.6) is 0 Å². The number of aliphatic imine (C=N–C) groups is 1. The molecule has 2 aromatic carbocycles. The van der Waals surface area contributed by atoms with Crippen molar-refractivity contribution in [3.05, 3.63) is 71.4 Å². The number of fused-ring (bicyclic) bond motifs is 2. The van der Waals surface area contributed by atoms with Gasteiger partial charge in [-0.3, -0.25) is 14.5 Å². The first-order chi connectivity index (χ1) is 13.0. The monoisotopic (exact) mass is 402 g/mol. The van der Waals surface area contributed by atoms with Gasteiger partial charge in [0.05, 0.1) is 16.5 Å². The van der Waals surface area contributed by atoms with Crippen molar-refractivity contribution in [3.8, 4) is 0 Å². The third-order valence-electron chi connectivity index (χ3n) is 4.99. The average molecular weight is 402 g/mol. The standard InChI is InChI=1S/C20H17F2N2O3P/c1-19(2)20(21,22)15-6-4-3-5-13(15)18(24-19)12-7-8-14-16(11-12)23-10-9-17(14)28(25,26)27/h3-11H,1-2H3,(H2,25,26,27). The van der Waals surface area contributed by atoms with Gasteiger partial charge >= 0.3 is 7.60 Å². The third-order valence-corrected chi connectivity index (χ3v) is 6.00. The van der Waals surface area contributed by atoms with Crippen molar-refractivity contribution in [2.75, 3.05) is 0 Å². The summed E-state index contributed by atoms with van der Waals surface area (Å²) in [5.74, 6) is -3.13. The molecule has 0 unspecified atom stereocenters. The van der Waals surface area contributed by atoms with Gasteiger partial charge in [-0.1, -0.05) is 36.4 Å². The SMILES string of the molecule is CC1(C)N=C(c2ccc3c(P(=O)(O)O)ccnc3c2)c2ccccc2C1(F)F. The number of hydrogen-bond acceptors (Lipinski definition) is 3. The largest absolute Gasteiger partial charge is 0.356 e. The molecule has 1 aliphatic heterocycles. The number of rotatable bonds is 2. The molecule has 0 aliphatic carbocycles. The van der Waals surface area contributed by atoms with Crippen molar-refractivity contribution in [2.24, 2.45) is 4.99 Å². The van der Waals surface area contributed by atoms with Crippen molar-refractivity contribution in [3.63, 3.8) is 0 Å². The van der Waals surface area contributed by atoms with Gasteiger partial charge in [0.15, 0.2) is 0 Å². The highest BCUT2D eigenvalue weighted by Gasteiger charge is 2.52. The summed E-state index contributed by atoms with van der Waals surface area (Å²) in [5, 5.41) is 0.191. The highest BCUT2D eigenvalue weighted by molar-refractivity contribution is 7.60.